The second kappa shape index (κ2) is 9.17. The minimum Gasteiger partial charge on any atom is -0.465 e. The lowest BCUT2D eigenvalue weighted by Crippen LogP contribution is -2.61. The SMILES string of the molecule is CC(O[Si](C)(C)C(C)(C)C)[C@H]1CN(C(=O)OCc2ccccc2)CCN1C(=O)O. The van der Waals surface area contributed by atoms with E-state index in [0.29, 0.717) is 6.54 Å². The monoisotopic (exact) mass is 422 g/mol. The van der Waals surface area contributed by atoms with Crippen molar-refractivity contribution in [2.75, 3.05) is 19.6 Å². The van der Waals surface area contributed by atoms with Crippen LogP contribution in [0.3, 0.4) is 0 Å². The number of rotatable bonds is 5. The van der Waals surface area contributed by atoms with Crippen molar-refractivity contribution in [3.8, 4) is 0 Å². The molecule has 0 saturated carbocycles. The van der Waals surface area contributed by atoms with Crippen LogP contribution in [0.15, 0.2) is 30.3 Å². The van der Waals surface area contributed by atoms with Crippen LogP contribution in [0.5, 0.6) is 0 Å². The van der Waals surface area contributed by atoms with E-state index in [0.717, 1.165) is 5.56 Å². The quantitative estimate of drug-likeness (QED) is 0.712. The molecule has 2 rings (SSSR count). The summed E-state index contributed by atoms with van der Waals surface area (Å²) in [5, 5.41) is 9.65. The Labute approximate surface area is 174 Å². The number of ether oxygens (including phenoxy) is 1. The Balaban J connectivity index is 2.06. The maximum Gasteiger partial charge on any atom is 0.410 e. The van der Waals surface area contributed by atoms with Crippen LogP contribution in [0.4, 0.5) is 9.59 Å². The number of hydrogen-bond acceptors (Lipinski definition) is 4. The first kappa shape index (κ1) is 23.2. The Kier molecular flexibility index (Phi) is 7.34. The average Bonchev–Trinajstić information content (AvgIpc) is 2.65. The van der Waals surface area contributed by atoms with Crippen LogP contribution in [-0.2, 0) is 15.8 Å². The molecule has 1 fully saturated rings. The van der Waals surface area contributed by atoms with Crippen LogP contribution in [0.2, 0.25) is 18.1 Å². The summed E-state index contributed by atoms with van der Waals surface area (Å²) in [5.74, 6) is 0. The zero-order valence-electron chi connectivity index (χ0n) is 18.3. The maximum absolute atomic E-state index is 12.6. The summed E-state index contributed by atoms with van der Waals surface area (Å²) in [6.07, 6.45) is -1.74. The van der Waals surface area contributed by atoms with Crippen LogP contribution in [-0.4, -0.2) is 67.2 Å². The Morgan fingerprint density at radius 1 is 1.21 bits per heavy atom. The van der Waals surface area contributed by atoms with E-state index in [2.05, 4.69) is 33.9 Å². The molecular weight excluding hydrogens is 388 g/mol. The molecule has 0 spiro atoms. The van der Waals surface area contributed by atoms with Gasteiger partial charge in [0.05, 0.1) is 12.1 Å². The number of amides is 2. The minimum absolute atomic E-state index is 0.0122. The molecule has 1 N–H and O–H groups in total. The molecule has 1 heterocycles. The molecular formula is C21H34N2O5Si. The lowest BCUT2D eigenvalue weighted by atomic mass is 10.1. The summed E-state index contributed by atoms with van der Waals surface area (Å²) in [7, 11) is -2.08. The molecule has 0 aliphatic carbocycles. The summed E-state index contributed by atoms with van der Waals surface area (Å²) in [6.45, 7) is 13.6. The summed E-state index contributed by atoms with van der Waals surface area (Å²) in [6, 6.07) is 9.06. The Morgan fingerprint density at radius 2 is 1.83 bits per heavy atom. The number of benzene rings is 1. The van der Waals surface area contributed by atoms with Crippen molar-refractivity contribution in [1.82, 2.24) is 9.80 Å². The molecule has 2 atom stereocenters. The van der Waals surface area contributed by atoms with Gasteiger partial charge >= 0.3 is 12.2 Å². The van der Waals surface area contributed by atoms with Crippen LogP contribution in [0.1, 0.15) is 33.3 Å². The van der Waals surface area contributed by atoms with Gasteiger partial charge in [-0.1, -0.05) is 51.1 Å². The lowest BCUT2D eigenvalue weighted by Gasteiger charge is -2.45. The standard InChI is InChI=1S/C21H34N2O5Si/c1-16(28-29(5,6)21(2,3)4)18-14-22(12-13-23(18)19(24)25)20(26)27-15-17-10-8-7-9-11-17/h7-11,16,18H,12-15H2,1-6H3,(H,24,25)/t16?,18-/m1/s1. The molecule has 1 aliphatic heterocycles. The fraction of sp³-hybridized carbons (Fsp3) is 0.619. The van der Waals surface area contributed by atoms with Crippen molar-refractivity contribution in [3.63, 3.8) is 0 Å². The number of carbonyl (C=O) groups excluding carboxylic acids is 1. The first-order valence-corrected chi connectivity index (χ1v) is 13.0. The number of carboxylic acid groups (broad SMARTS) is 1. The van der Waals surface area contributed by atoms with Gasteiger partial charge in [0, 0.05) is 19.6 Å². The van der Waals surface area contributed by atoms with E-state index < -0.39 is 26.5 Å². The van der Waals surface area contributed by atoms with Gasteiger partial charge in [-0.05, 0) is 30.6 Å². The zero-order chi connectivity index (χ0) is 21.8. The van der Waals surface area contributed by atoms with Gasteiger partial charge < -0.3 is 19.2 Å². The van der Waals surface area contributed by atoms with Gasteiger partial charge in [0.15, 0.2) is 8.32 Å². The van der Waals surface area contributed by atoms with E-state index in [1.807, 2.05) is 37.3 Å². The number of piperazine rings is 1. The second-order valence-corrected chi connectivity index (χ2v) is 13.9. The van der Waals surface area contributed by atoms with Gasteiger partial charge in [-0.15, -0.1) is 0 Å². The fourth-order valence-corrected chi connectivity index (χ4v) is 4.59. The molecule has 1 aliphatic rings. The molecule has 1 aromatic carbocycles. The topological polar surface area (TPSA) is 79.3 Å². The van der Waals surface area contributed by atoms with Crippen LogP contribution in [0, 0.1) is 0 Å². The smallest absolute Gasteiger partial charge is 0.410 e. The molecule has 0 radical (unpaired) electrons. The van der Waals surface area contributed by atoms with Gasteiger partial charge in [-0.2, -0.15) is 0 Å². The van der Waals surface area contributed by atoms with Crippen molar-refractivity contribution in [3.05, 3.63) is 35.9 Å². The van der Waals surface area contributed by atoms with Crippen molar-refractivity contribution < 1.29 is 23.9 Å². The highest BCUT2D eigenvalue weighted by Crippen LogP contribution is 2.38. The third kappa shape index (κ3) is 5.96. The van der Waals surface area contributed by atoms with Gasteiger partial charge in [-0.3, -0.25) is 4.90 Å². The highest BCUT2D eigenvalue weighted by atomic mass is 28.4. The predicted octanol–water partition coefficient (Wildman–Crippen LogP) is 4.40. The number of carbonyl (C=O) groups is 2. The third-order valence-corrected chi connectivity index (χ3v) is 10.5. The van der Waals surface area contributed by atoms with Crippen molar-refractivity contribution in [2.24, 2.45) is 0 Å². The molecule has 0 bridgehead atoms. The molecule has 162 valence electrons. The molecule has 1 saturated heterocycles. The molecule has 8 heteroatoms. The molecule has 7 nitrogen and oxygen atoms in total. The lowest BCUT2D eigenvalue weighted by molar-refractivity contribution is 0.00781. The molecule has 1 unspecified atom stereocenters. The average molecular weight is 423 g/mol. The van der Waals surface area contributed by atoms with Crippen molar-refractivity contribution in [2.45, 2.75) is 64.6 Å². The van der Waals surface area contributed by atoms with Gasteiger partial charge in [-0.25, -0.2) is 9.59 Å². The summed E-state index contributed by atoms with van der Waals surface area (Å²) >= 11 is 0. The zero-order valence-corrected chi connectivity index (χ0v) is 19.3. The Morgan fingerprint density at radius 3 is 2.38 bits per heavy atom. The summed E-state index contributed by atoms with van der Waals surface area (Å²) in [4.78, 5) is 27.3. The largest absolute Gasteiger partial charge is 0.465 e. The summed E-state index contributed by atoms with van der Waals surface area (Å²) in [5.41, 5.74) is 0.913. The first-order chi connectivity index (χ1) is 13.4. The second-order valence-electron chi connectivity index (χ2n) is 9.11. The van der Waals surface area contributed by atoms with Crippen LogP contribution < -0.4 is 0 Å². The van der Waals surface area contributed by atoms with Crippen molar-refractivity contribution >= 4 is 20.5 Å². The summed E-state index contributed by atoms with van der Waals surface area (Å²) < 4.78 is 11.9. The van der Waals surface area contributed by atoms with E-state index in [4.69, 9.17) is 9.16 Å². The molecule has 1 aromatic rings. The van der Waals surface area contributed by atoms with E-state index in [-0.39, 0.29) is 30.8 Å². The van der Waals surface area contributed by atoms with E-state index >= 15 is 0 Å². The van der Waals surface area contributed by atoms with Crippen molar-refractivity contribution in [1.29, 1.82) is 0 Å². The van der Waals surface area contributed by atoms with Gasteiger partial charge in [0.25, 0.3) is 0 Å². The third-order valence-electron chi connectivity index (χ3n) is 5.96. The molecule has 0 aromatic heterocycles. The molecule has 2 amide bonds. The Bertz CT molecular complexity index is 705. The number of nitrogens with zero attached hydrogens (tertiary/aromatic N) is 2. The highest BCUT2D eigenvalue weighted by molar-refractivity contribution is 6.74. The first-order valence-electron chi connectivity index (χ1n) is 10.1. The normalized spacial score (nSPS) is 19.0. The maximum atomic E-state index is 12.6. The van der Waals surface area contributed by atoms with E-state index in [9.17, 15) is 14.7 Å². The predicted molar refractivity (Wildman–Crippen MR) is 114 cm³/mol. The Hall–Kier alpha value is -2.06. The van der Waals surface area contributed by atoms with Crippen LogP contribution >= 0.6 is 0 Å². The minimum atomic E-state index is -2.08. The van der Waals surface area contributed by atoms with Gasteiger partial charge in [0.2, 0.25) is 0 Å². The van der Waals surface area contributed by atoms with E-state index in [1.165, 1.54) is 4.90 Å². The number of hydrogen-bond donors (Lipinski definition) is 1. The fourth-order valence-electron chi connectivity index (χ4n) is 3.15. The van der Waals surface area contributed by atoms with Crippen LogP contribution in [0.25, 0.3) is 0 Å². The van der Waals surface area contributed by atoms with E-state index in [1.54, 1.807) is 4.90 Å². The highest BCUT2D eigenvalue weighted by Gasteiger charge is 2.43. The van der Waals surface area contributed by atoms with Gasteiger partial charge in [0.1, 0.15) is 6.61 Å². The molecule has 29 heavy (non-hydrogen) atoms.